The highest BCUT2D eigenvalue weighted by molar-refractivity contribution is 5.84. The van der Waals surface area contributed by atoms with Crippen molar-refractivity contribution < 1.29 is 0 Å². The fraction of sp³-hybridized carbons (Fsp3) is 0.263. The number of nitrogens with zero attached hydrogens (tertiary/aromatic N) is 5. The van der Waals surface area contributed by atoms with E-state index in [4.69, 9.17) is 0 Å². The van der Waals surface area contributed by atoms with Crippen LogP contribution in [0.25, 0.3) is 27.8 Å². The van der Waals surface area contributed by atoms with Crippen LogP contribution in [-0.4, -0.2) is 24.4 Å². The van der Waals surface area contributed by atoms with Crippen molar-refractivity contribution in [3.05, 3.63) is 58.6 Å². The third-order valence-electron chi connectivity index (χ3n) is 4.44. The van der Waals surface area contributed by atoms with E-state index in [1.807, 2.05) is 49.5 Å². The molecule has 25 heavy (non-hydrogen) atoms. The van der Waals surface area contributed by atoms with E-state index in [2.05, 4.69) is 22.2 Å². The number of aryl methyl sites for hydroxylation is 2. The van der Waals surface area contributed by atoms with Gasteiger partial charge in [-0.15, -0.1) is 10.2 Å². The van der Waals surface area contributed by atoms with Crippen molar-refractivity contribution in [1.82, 2.24) is 24.4 Å². The van der Waals surface area contributed by atoms with Crippen molar-refractivity contribution in [2.45, 2.75) is 33.2 Å². The zero-order valence-electron chi connectivity index (χ0n) is 14.3. The molecule has 0 aliphatic rings. The lowest BCUT2D eigenvalue weighted by molar-refractivity contribution is 0.615. The summed E-state index contributed by atoms with van der Waals surface area (Å²) in [5.41, 5.74) is 4.45. The van der Waals surface area contributed by atoms with E-state index >= 15 is 0 Å². The summed E-state index contributed by atoms with van der Waals surface area (Å²) in [6.45, 7) is 4.75. The minimum atomic E-state index is -0.116. The first-order chi connectivity index (χ1) is 12.2. The standard InChI is InChI=1S/C19H19N5O/c1-3-4-11-23-12-10-15-17(19(23)25)20-21-18-16(13(2)22-24(15)18)14-8-6-5-7-9-14/h5-10,12H,3-4,11H2,1-2H3. The van der Waals surface area contributed by atoms with E-state index in [1.54, 1.807) is 9.08 Å². The van der Waals surface area contributed by atoms with Crippen molar-refractivity contribution in [2.75, 3.05) is 0 Å². The topological polar surface area (TPSA) is 65.1 Å². The highest BCUT2D eigenvalue weighted by Crippen LogP contribution is 2.27. The Balaban J connectivity index is 1.97. The predicted molar refractivity (Wildman–Crippen MR) is 97.6 cm³/mol. The van der Waals surface area contributed by atoms with Crippen LogP contribution in [0.4, 0.5) is 0 Å². The number of fused-ring (bicyclic) bond motifs is 3. The molecular formula is C19H19N5O. The summed E-state index contributed by atoms with van der Waals surface area (Å²) < 4.78 is 3.42. The number of hydrogen-bond acceptors (Lipinski definition) is 4. The van der Waals surface area contributed by atoms with Crippen LogP contribution in [-0.2, 0) is 6.54 Å². The molecule has 0 N–H and O–H groups in total. The quantitative estimate of drug-likeness (QED) is 0.575. The third kappa shape index (κ3) is 2.50. The van der Waals surface area contributed by atoms with Crippen molar-refractivity contribution >= 4 is 16.7 Å². The van der Waals surface area contributed by atoms with E-state index in [9.17, 15) is 4.79 Å². The average molecular weight is 333 g/mol. The van der Waals surface area contributed by atoms with Gasteiger partial charge in [0.15, 0.2) is 11.2 Å². The van der Waals surface area contributed by atoms with E-state index in [0.717, 1.165) is 29.7 Å². The van der Waals surface area contributed by atoms with Gasteiger partial charge in [-0.25, -0.2) is 4.52 Å². The minimum Gasteiger partial charge on any atom is -0.313 e. The zero-order valence-corrected chi connectivity index (χ0v) is 14.3. The Morgan fingerprint density at radius 1 is 1.08 bits per heavy atom. The smallest absolute Gasteiger partial charge is 0.280 e. The van der Waals surface area contributed by atoms with E-state index < -0.39 is 0 Å². The largest absolute Gasteiger partial charge is 0.313 e. The molecule has 6 nitrogen and oxygen atoms in total. The number of rotatable bonds is 4. The Hall–Kier alpha value is -3.02. The molecule has 6 heteroatoms. The predicted octanol–water partition coefficient (Wildman–Crippen LogP) is 3.21. The summed E-state index contributed by atoms with van der Waals surface area (Å²) in [5, 5.41) is 13.2. The van der Waals surface area contributed by atoms with Crippen LogP contribution >= 0.6 is 0 Å². The molecule has 0 saturated carbocycles. The highest BCUT2D eigenvalue weighted by atomic mass is 16.1. The van der Waals surface area contributed by atoms with Crippen molar-refractivity contribution in [2.24, 2.45) is 0 Å². The van der Waals surface area contributed by atoms with Gasteiger partial charge in [0.1, 0.15) is 5.52 Å². The zero-order chi connectivity index (χ0) is 17.4. The van der Waals surface area contributed by atoms with Gasteiger partial charge in [0.2, 0.25) is 0 Å². The molecule has 0 unspecified atom stereocenters. The Morgan fingerprint density at radius 2 is 1.88 bits per heavy atom. The summed E-state index contributed by atoms with van der Waals surface area (Å²) >= 11 is 0. The molecule has 4 aromatic rings. The van der Waals surface area contributed by atoms with Gasteiger partial charge >= 0.3 is 0 Å². The Kier molecular flexibility index (Phi) is 3.80. The maximum Gasteiger partial charge on any atom is 0.280 e. The SMILES string of the molecule is CCCCn1ccc2c(nnc3c(-c4ccccc4)c(C)nn32)c1=O. The molecule has 0 saturated heterocycles. The number of benzene rings is 1. The molecular weight excluding hydrogens is 314 g/mol. The van der Waals surface area contributed by atoms with Crippen molar-refractivity contribution in [3.63, 3.8) is 0 Å². The van der Waals surface area contributed by atoms with Gasteiger partial charge in [-0.05, 0) is 25.0 Å². The average Bonchev–Trinajstić information content (AvgIpc) is 2.98. The summed E-state index contributed by atoms with van der Waals surface area (Å²) in [5.74, 6) is 0. The molecule has 0 bridgehead atoms. The maximum atomic E-state index is 12.7. The fourth-order valence-electron chi connectivity index (χ4n) is 3.14. The Bertz CT molecular complexity index is 1110. The van der Waals surface area contributed by atoms with Crippen molar-refractivity contribution in [3.8, 4) is 11.1 Å². The van der Waals surface area contributed by atoms with Gasteiger partial charge in [-0.1, -0.05) is 43.7 Å². The molecule has 126 valence electrons. The van der Waals surface area contributed by atoms with Crippen LogP contribution < -0.4 is 5.56 Å². The van der Waals surface area contributed by atoms with Crippen LogP contribution in [0.15, 0.2) is 47.4 Å². The lowest BCUT2D eigenvalue weighted by Gasteiger charge is -2.06. The first-order valence-electron chi connectivity index (χ1n) is 8.51. The fourth-order valence-corrected chi connectivity index (χ4v) is 3.14. The van der Waals surface area contributed by atoms with Crippen LogP contribution in [0, 0.1) is 6.92 Å². The molecule has 0 aliphatic heterocycles. The molecule has 3 heterocycles. The van der Waals surface area contributed by atoms with Crippen LogP contribution in [0.3, 0.4) is 0 Å². The van der Waals surface area contributed by atoms with Gasteiger partial charge in [0, 0.05) is 12.7 Å². The normalized spacial score (nSPS) is 11.4. The molecule has 3 aromatic heterocycles. The first kappa shape index (κ1) is 15.5. The Labute approximate surface area is 144 Å². The van der Waals surface area contributed by atoms with Gasteiger partial charge in [-0.2, -0.15) is 5.10 Å². The van der Waals surface area contributed by atoms with E-state index in [0.29, 0.717) is 23.2 Å². The molecule has 0 fully saturated rings. The lowest BCUT2D eigenvalue weighted by Crippen LogP contribution is -2.21. The summed E-state index contributed by atoms with van der Waals surface area (Å²) in [6, 6.07) is 11.9. The maximum absolute atomic E-state index is 12.7. The minimum absolute atomic E-state index is 0.116. The van der Waals surface area contributed by atoms with E-state index in [1.165, 1.54) is 0 Å². The van der Waals surface area contributed by atoms with Crippen LogP contribution in [0.2, 0.25) is 0 Å². The summed E-state index contributed by atoms with van der Waals surface area (Å²) in [4.78, 5) is 12.7. The van der Waals surface area contributed by atoms with E-state index in [-0.39, 0.29) is 5.56 Å². The summed E-state index contributed by atoms with van der Waals surface area (Å²) in [6.07, 6.45) is 3.81. The number of hydrogen-bond donors (Lipinski definition) is 0. The molecule has 1 aromatic carbocycles. The molecule has 0 spiro atoms. The summed E-state index contributed by atoms with van der Waals surface area (Å²) in [7, 11) is 0. The molecule has 0 atom stereocenters. The number of unbranched alkanes of at least 4 members (excludes halogenated alkanes) is 1. The molecule has 0 amide bonds. The van der Waals surface area contributed by atoms with Crippen molar-refractivity contribution in [1.29, 1.82) is 0 Å². The second-order valence-electron chi connectivity index (χ2n) is 6.16. The molecule has 0 radical (unpaired) electrons. The van der Waals surface area contributed by atoms with Crippen LogP contribution in [0.5, 0.6) is 0 Å². The highest BCUT2D eigenvalue weighted by Gasteiger charge is 2.17. The second-order valence-corrected chi connectivity index (χ2v) is 6.16. The first-order valence-corrected chi connectivity index (χ1v) is 8.51. The van der Waals surface area contributed by atoms with Gasteiger partial charge in [0.05, 0.1) is 11.3 Å². The Morgan fingerprint density at radius 3 is 2.64 bits per heavy atom. The molecule has 4 rings (SSSR count). The third-order valence-corrected chi connectivity index (χ3v) is 4.44. The number of pyridine rings is 1. The van der Waals surface area contributed by atoms with Gasteiger partial charge < -0.3 is 4.57 Å². The van der Waals surface area contributed by atoms with Gasteiger partial charge in [0.25, 0.3) is 5.56 Å². The van der Waals surface area contributed by atoms with Crippen LogP contribution in [0.1, 0.15) is 25.5 Å². The lowest BCUT2D eigenvalue weighted by atomic mass is 10.1. The second kappa shape index (κ2) is 6.12. The molecule has 0 aliphatic carbocycles. The number of aromatic nitrogens is 5. The monoisotopic (exact) mass is 333 g/mol. The van der Waals surface area contributed by atoms with Gasteiger partial charge in [-0.3, -0.25) is 4.79 Å².